The lowest BCUT2D eigenvalue weighted by molar-refractivity contribution is -0.132. The fourth-order valence-electron chi connectivity index (χ4n) is 3.52. The number of hydrogen-bond acceptors (Lipinski definition) is 6. The van der Waals surface area contributed by atoms with Gasteiger partial charge in [0.25, 0.3) is 0 Å². The van der Waals surface area contributed by atoms with Crippen LogP contribution in [-0.4, -0.2) is 57.9 Å². The van der Waals surface area contributed by atoms with Crippen LogP contribution >= 0.6 is 0 Å². The van der Waals surface area contributed by atoms with Crippen LogP contribution in [0, 0.1) is 0 Å². The summed E-state index contributed by atoms with van der Waals surface area (Å²) in [4.78, 5) is 38.7. The third kappa shape index (κ3) is 5.66. The first kappa shape index (κ1) is 23.3. The maximum atomic E-state index is 12.7. The van der Waals surface area contributed by atoms with E-state index in [-0.39, 0.29) is 37.7 Å². The molecule has 0 saturated carbocycles. The van der Waals surface area contributed by atoms with E-state index in [1.807, 2.05) is 30.3 Å². The molecule has 9 nitrogen and oxygen atoms in total. The van der Waals surface area contributed by atoms with Crippen LogP contribution in [0.2, 0.25) is 0 Å². The van der Waals surface area contributed by atoms with Gasteiger partial charge >= 0.3 is 12.1 Å². The van der Waals surface area contributed by atoms with Crippen molar-refractivity contribution < 1.29 is 23.9 Å². The van der Waals surface area contributed by atoms with E-state index in [0.717, 1.165) is 11.4 Å². The number of nitrogens with one attached hydrogen (secondary N) is 1. The zero-order valence-corrected chi connectivity index (χ0v) is 19.0. The maximum Gasteiger partial charge on any atom is 0.407 e. The van der Waals surface area contributed by atoms with E-state index in [1.165, 1.54) is 0 Å². The van der Waals surface area contributed by atoms with Gasteiger partial charge in [0.05, 0.1) is 18.0 Å². The van der Waals surface area contributed by atoms with Crippen LogP contribution in [0.15, 0.2) is 30.3 Å². The van der Waals surface area contributed by atoms with Gasteiger partial charge in [-0.05, 0) is 39.8 Å². The monoisotopic (exact) mass is 442 g/mol. The molecular weight excluding hydrogens is 412 g/mol. The summed E-state index contributed by atoms with van der Waals surface area (Å²) >= 11 is 0. The molecule has 2 heterocycles. The number of alkyl carbamates (subject to hydrolysis) is 1. The summed E-state index contributed by atoms with van der Waals surface area (Å²) in [6, 6.07) is 9.56. The van der Waals surface area contributed by atoms with Crippen LogP contribution in [0.25, 0.3) is 5.69 Å². The Bertz CT molecular complexity index is 978. The molecule has 1 aliphatic heterocycles. The highest BCUT2D eigenvalue weighted by atomic mass is 16.6. The van der Waals surface area contributed by atoms with Crippen molar-refractivity contribution in [3.8, 4) is 5.69 Å². The number of carbonyl (C=O) groups excluding carboxylic acids is 3. The second-order valence-corrected chi connectivity index (χ2v) is 8.49. The third-order valence-electron chi connectivity index (χ3n) is 4.89. The van der Waals surface area contributed by atoms with Crippen molar-refractivity contribution in [1.82, 2.24) is 20.0 Å². The first-order chi connectivity index (χ1) is 15.2. The van der Waals surface area contributed by atoms with Gasteiger partial charge in [-0.15, -0.1) is 0 Å². The normalized spacial score (nSPS) is 13.3. The van der Waals surface area contributed by atoms with Crippen LogP contribution < -0.4 is 5.32 Å². The van der Waals surface area contributed by atoms with E-state index in [2.05, 4.69) is 10.4 Å². The highest BCUT2D eigenvalue weighted by Crippen LogP contribution is 2.26. The molecule has 172 valence electrons. The Balaban J connectivity index is 1.72. The second kappa shape index (κ2) is 9.84. The van der Waals surface area contributed by atoms with Crippen molar-refractivity contribution in [2.45, 2.75) is 52.7 Å². The zero-order valence-electron chi connectivity index (χ0n) is 19.0. The SMILES string of the molecule is CCOC(=O)c1nn(-c2ccccc2)c2c1CN(C(=O)CCNC(=O)OC(C)(C)C)CC2. The zero-order chi connectivity index (χ0) is 23.3. The number of aromatic nitrogens is 2. The Morgan fingerprint density at radius 2 is 1.88 bits per heavy atom. The Hall–Kier alpha value is -3.36. The molecule has 3 rings (SSSR count). The van der Waals surface area contributed by atoms with Crippen LogP contribution in [0.5, 0.6) is 0 Å². The second-order valence-electron chi connectivity index (χ2n) is 8.49. The minimum Gasteiger partial charge on any atom is -0.461 e. The van der Waals surface area contributed by atoms with Gasteiger partial charge in [-0.25, -0.2) is 14.3 Å². The van der Waals surface area contributed by atoms with E-state index in [1.54, 1.807) is 37.3 Å². The summed E-state index contributed by atoms with van der Waals surface area (Å²) in [6.45, 7) is 8.25. The van der Waals surface area contributed by atoms with Gasteiger partial charge in [0, 0.05) is 38.0 Å². The van der Waals surface area contributed by atoms with E-state index < -0.39 is 17.7 Å². The minimum atomic E-state index is -0.597. The molecule has 0 atom stereocenters. The van der Waals surface area contributed by atoms with Gasteiger partial charge in [-0.1, -0.05) is 18.2 Å². The van der Waals surface area contributed by atoms with Gasteiger partial charge in [0.2, 0.25) is 5.91 Å². The Morgan fingerprint density at radius 3 is 2.53 bits per heavy atom. The summed E-state index contributed by atoms with van der Waals surface area (Å²) in [5.74, 6) is -0.617. The lowest BCUT2D eigenvalue weighted by Gasteiger charge is -2.28. The number of esters is 1. The minimum absolute atomic E-state index is 0.117. The molecule has 0 radical (unpaired) electrons. The molecule has 1 aromatic heterocycles. The molecule has 0 unspecified atom stereocenters. The van der Waals surface area contributed by atoms with Crippen molar-refractivity contribution >= 4 is 18.0 Å². The number of fused-ring (bicyclic) bond motifs is 1. The van der Waals surface area contributed by atoms with E-state index in [0.29, 0.717) is 18.5 Å². The lowest BCUT2D eigenvalue weighted by Crippen LogP contribution is -2.39. The predicted octanol–water partition coefficient (Wildman–Crippen LogP) is 2.85. The smallest absolute Gasteiger partial charge is 0.407 e. The number of benzene rings is 1. The first-order valence-corrected chi connectivity index (χ1v) is 10.8. The topological polar surface area (TPSA) is 103 Å². The quantitative estimate of drug-likeness (QED) is 0.690. The van der Waals surface area contributed by atoms with Gasteiger partial charge in [0.15, 0.2) is 5.69 Å². The average molecular weight is 443 g/mol. The molecular formula is C23H30N4O5. The van der Waals surface area contributed by atoms with Crippen molar-refractivity contribution in [1.29, 1.82) is 0 Å². The van der Waals surface area contributed by atoms with Crippen molar-refractivity contribution in [3.63, 3.8) is 0 Å². The predicted molar refractivity (Wildman–Crippen MR) is 117 cm³/mol. The van der Waals surface area contributed by atoms with E-state index >= 15 is 0 Å². The number of nitrogens with zero attached hydrogens (tertiary/aromatic N) is 3. The molecule has 0 spiro atoms. The highest BCUT2D eigenvalue weighted by molar-refractivity contribution is 5.90. The number of carbonyl (C=O) groups is 3. The fraction of sp³-hybridized carbons (Fsp3) is 0.478. The molecule has 0 aliphatic carbocycles. The van der Waals surface area contributed by atoms with E-state index in [4.69, 9.17) is 9.47 Å². The number of para-hydroxylation sites is 1. The van der Waals surface area contributed by atoms with Crippen molar-refractivity contribution in [3.05, 3.63) is 47.3 Å². The maximum absolute atomic E-state index is 12.7. The standard InChI is InChI=1S/C23H30N4O5/c1-5-31-21(29)20-17-15-26(19(28)11-13-24-22(30)32-23(2,3)4)14-12-18(17)27(25-20)16-9-7-6-8-10-16/h6-10H,5,11-15H2,1-4H3,(H,24,30). The molecule has 0 fully saturated rings. The Morgan fingerprint density at radius 1 is 1.16 bits per heavy atom. The van der Waals surface area contributed by atoms with Gasteiger partial charge in [-0.2, -0.15) is 5.10 Å². The van der Waals surface area contributed by atoms with Gasteiger partial charge in [-0.3, -0.25) is 4.79 Å². The summed E-state index contributed by atoms with van der Waals surface area (Å²) in [6.07, 6.45) is 0.137. The van der Waals surface area contributed by atoms with Gasteiger partial charge in [0.1, 0.15) is 5.60 Å². The molecule has 1 aliphatic rings. The fourth-order valence-corrected chi connectivity index (χ4v) is 3.52. The number of ether oxygens (including phenoxy) is 2. The number of rotatable bonds is 6. The summed E-state index contributed by atoms with van der Waals surface area (Å²) in [7, 11) is 0. The third-order valence-corrected chi connectivity index (χ3v) is 4.89. The molecule has 1 N–H and O–H groups in total. The molecule has 32 heavy (non-hydrogen) atoms. The van der Waals surface area contributed by atoms with E-state index in [9.17, 15) is 14.4 Å². The molecule has 0 saturated heterocycles. The molecule has 2 aromatic rings. The summed E-state index contributed by atoms with van der Waals surface area (Å²) in [5, 5.41) is 7.13. The number of amides is 2. The average Bonchev–Trinajstić information content (AvgIpc) is 3.12. The molecule has 0 bridgehead atoms. The number of hydrogen-bond donors (Lipinski definition) is 1. The van der Waals surface area contributed by atoms with Crippen LogP contribution in [-0.2, 0) is 27.2 Å². The molecule has 9 heteroatoms. The van der Waals surface area contributed by atoms with Crippen molar-refractivity contribution in [2.24, 2.45) is 0 Å². The largest absolute Gasteiger partial charge is 0.461 e. The summed E-state index contributed by atoms with van der Waals surface area (Å²) in [5.41, 5.74) is 2.08. The lowest BCUT2D eigenvalue weighted by atomic mass is 10.0. The van der Waals surface area contributed by atoms with Gasteiger partial charge < -0.3 is 19.7 Å². The summed E-state index contributed by atoms with van der Waals surface area (Å²) < 4.78 is 12.1. The Labute approximate surface area is 187 Å². The van der Waals surface area contributed by atoms with Crippen LogP contribution in [0.4, 0.5) is 4.79 Å². The van der Waals surface area contributed by atoms with Crippen LogP contribution in [0.1, 0.15) is 55.9 Å². The first-order valence-electron chi connectivity index (χ1n) is 10.8. The van der Waals surface area contributed by atoms with Crippen LogP contribution in [0.3, 0.4) is 0 Å². The van der Waals surface area contributed by atoms with Crippen molar-refractivity contribution in [2.75, 3.05) is 19.7 Å². The highest BCUT2D eigenvalue weighted by Gasteiger charge is 2.31. The molecule has 1 aromatic carbocycles. The molecule has 2 amide bonds. The Kier molecular flexibility index (Phi) is 7.17.